The minimum absolute atomic E-state index is 0.0159. The Morgan fingerprint density at radius 3 is 2.33 bits per heavy atom. The molecule has 190 valence electrons. The van der Waals surface area contributed by atoms with Gasteiger partial charge in [-0.3, -0.25) is 4.79 Å². The number of benzene rings is 2. The molecule has 1 spiro atoms. The lowest BCUT2D eigenvalue weighted by molar-refractivity contribution is -0.167. The van der Waals surface area contributed by atoms with Gasteiger partial charge in [-0.1, -0.05) is 35.9 Å². The molecule has 3 saturated heterocycles. The number of piperidine rings is 1. The predicted molar refractivity (Wildman–Crippen MR) is 140 cm³/mol. The van der Waals surface area contributed by atoms with Crippen LogP contribution >= 0.6 is 11.6 Å². The fourth-order valence-corrected chi connectivity index (χ4v) is 5.49. The summed E-state index contributed by atoms with van der Waals surface area (Å²) in [6.07, 6.45) is 4.20. The molecule has 5 rings (SSSR count). The molecule has 0 atom stereocenters. The summed E-state index contributed by atoms with van der Waals surface area (Å²) in [5.41, 5.74) is 13.1. The van der Waals surface area contributed by atoms with E-state index in [1.807, 2.05) is 23.1 Å². The van der Waals surface area contributed by atoms with E-state index >= 15 is 0 Å². The normalized spacial score (nSPS) is 21.0. The summed E-state index contributed by atoms with van der Waals surface area (Å²) in [5.74, 6) is 0.634. The van der Waals surface area contributed by atoms with E-state index in [1.165, 1.54) is 6.20 Å². The average molecular weight is 510 g/mol. The van der Waals surface area contributed by atoms with Crippen LogP contribution < -0.4 is 21.5 Å². The molecular formula is C27H32ClN5O3. The molecule has 0 bridgehead atoms. The zero-order valence-electron chi connectivity index (χ0n) is 20.1. The number of phenolic OH excluding ortho intramolecular Hbond substituents is 1. The van der Waals surface area contributed by atoms with Gasteiger partial charge in [0, 0.05) is 75.0 Å². The topological polar surface area (TPSA) is 117 Å². The van der Waals surface area contributed by atoms with Gasteiger partial charge in [0.1, 0.15) is 11.5 Å². The molecule has 2 aromatic carbocycles. The van der Waals surface area contributed by atoms with E-state index in [2.05, 4.69) is 10.2 Å². The number of carbonyl (C=O) groups is 1. The number of hydrogen-bond donors (Lipinski definition) is 4. The number of nitrogens with two attached hydrogens (primary N) is 2. The second kappa shape index (κ2) is 9.59. The first kappa shape index (κ1) is 24.3. The van der Waals surface area contributed by atoms with Gasteiger partial charge in [-0.15, -0.1) is 0 Å². The van der Waals surface area contributed by atoms with Crippen LogP contribution in [0.25, 0.3) is 5.70 Å². The van der Waals surface area contributed by atoms with Crippen LogP contribution in [0, 0.1) is 5.41 Å². The average Bonchev–Trinajstić information content (AvgIpc) is 2.83. The molecular weight excluding hydrogens is 478 g/mol. The van der Waals surface area contributed by atoms with Gasteiger partial charge in [0.2, 0.25) is 0 Å². The molecule has 2 aromatic rings. The number of nitrogens with zero attached hydrogens (tertiary/aromatic N) is 2. The highest BCUT2D eigenvalue weighted by atomic mass is 35.5. The molecule has 0 unspecified atom stereocenters. The Morgan fingerprint density at radius 1 is 1.06 bits per heavy atom. The molecule has 36 heavy (non-hydrogen) atoms. The summed E-state index contributed by atoms with van der Waals surface area (Å²) in [6, 6.07) is 14.2. The molecule has 0 radical (unpaired) electrons. The minimum Gasteiger partial charge on any atom is -0.507 e. The number of amides is 1. The number of likely N-dealkylation sites (tertiary alicyclic amines) is 2. The van der Waals surface area contributed by atoms with Crippen molar-refractivity contribution >= 4 is 23.2 Å². The number of ether oxygens (including phenoxy) is 1. The maximum Gasteiger partial charge on any atom is 0.266 e. The van der Waals surface area contributed by atoms with Crippen molar-refractivity contribution in [3.8, 4) is 11.5 Å². The van der Waals surface area contributed by atoms with E-state index in [9.17, 15) is 9.90 Å². The first-order valence-electron chi connectivity index (χ1n) is 12.2. The highest BCUT2D eigenvalue weighted by Gasteiger charge is 2.55. The van der Waals surface area contributed by atoms with Crippen molar-refractivity contribution in [1.29, 1.82) is 0 Å². The first-order valence-corrected chi connectivity index (χ1v) is 12.6. The second-order valence-electron chi connectivity index (χ2n) is 9.99. The van der Waals surface area contributed by atoms with Crippen LogP contribution in [-0.4, -0.2) is 65.7 Å². The Kier molecular flexibility index (Phi) is 6.49. The number of halogens is 1. The molecule has 3 aliphatic rings. The van der Waals surface area contributed by atoms with E-state index < -0.39 is 5.60 Å². The zero-order valence-corrected chi connectivity index (χ0v) is 20.9. The summed E-state index contributed by atoms with van der Waals surface area (Å²) in [7, 11) is 0. The van der Waals surface area contributed by atoms with E-state index in [4.69, 9.17) is 27.8 Å². The van der Waals surface area contributed by atoms with Crippen molar-refractivity contribution in [2.45, 2.75) is 18.4 Å². The third kappa shape index (κ3) is 4.47. The molecule has 0 saturated carbocycles. The van der Waals surface area contributed by atoms with Crippen LogP contribution in [0.15, 0.2) is 66.5 Å². The summed E-state index contributed by atoms with van der Waals surface area (Å²) < 4.78 is 6.45. The van der Waals surface area contributed by atoms with Crippen molar-refractivity contribution in [1.82, 2.24) is 15.1 Å². The van der Waals surface area contributed by atoms with E-state index in [0.717, 1.165) is 31.9 Å². The molecule has 3 heterocycles. The third-order valence-corrected chi connectivity index (χ3v) is 7.81. The van der Waals surface area contributed by atoms with Gasteiger partial charge < -0.3 is 36.4 Å². The smallest absolute Gasteiger partial charge is 0.266 e. The second-order valence-corrected chi connectivity index (χ2v) is 10.4. The SMILES string of the molecule is N/C=C(\C=C(/N)c1ccccc1O)N1CCC(Oc2ccccc2Cl)(C(=O)N2CC3(CNC3)C2)CC1. The summed E-state index contributed by atoms with van der Waals surface area (Å²) in [4.78, 5) is 17.8. The molecule has 9 heteroatoms. The lowest BCUT2D eigenvalue weighted by Gasteiger charge is -2.58. The molecule has 3 aliphatic heterocycles. The van der Waals surface area contributed by atoms with Crippen molar-refractivity contribution in [2.24, 2.45) is 16.9 Å². The minimum atomic E-state index is -1.01. The maximum absolute atomic E-state index is 13.8. The molecule has 3 fully saturated rings. The number of rotatable bonds is 6. The molecule has 1 amide bonds. The van der Waals surface area contributed by atoms with Gasteiger partial charge in [0.25, 0.3) is 5.91 Å². The summed E-state index contributed by atoms with van der Waals surface area (Å²) >= 11 is 6.41. The van der Waals surface area contributed by atoms with Crippen LogP contribution in [0.5, 0.6) is 11.5 Å². The van der Waals surface area contributed by atoms with Crippen molar-refractivity contribution in [3.63, 3.8) is 0 Å². The number of aromatic hydroxyl groups is 1. The van der Waals surface area contributed by atoms with Crippen molar-refractivity contribution in [3.05, 3.63) is 77.1 Å². The van der Waals surface area contributed by atoms with Crippen molar-refractivity contribution in [2.75, 3.05) is 39.3 Å². The van der Waals surface area contributed by atoms with Crippen LogP contribution in [0.2, 0.25) is 5.02 Å². The number of hydrogen-bond acceptors (Lipinski definition) is 7. The van der Waals surface area contributed by atoms with Crippen molar-refractivity contribution < 1.29 is 14.6 Å². The van der Waals surface area contributed by atoms with E-state index in [-0.39, 0.29) is 17.1 Å². The Bertz CT molecular complexity index is 1190. The molecule has 0 aliphatic carbocycles. The standard InChI is InChI=1S/C27H32ClN5O3/c28-21-6-2-4-8-24(21)36-27(25(35)33-17-26(18-33)15-31-16-26)9-11-32(12-10-27)19(14-29)13-22(30)20-5-1-3-7-23(20)34/h1-8,13-14,31,34H,9-12,15-18,29-30H2/b19-14+,22-13-. The van der Waals surface area contributed by atoms with Crippen LogP contribution in [-0.2, 0) is 4.79 Å². The predicted octanol–water partition coefficient (Wildman–Crippen LogP) is 2.49. The first-order chi connectivity index (χ1) is 17.3. The maximum atomic E-state index is 13.8. The fraction of sp³-hybridized carbons (Fsp3) is 0.370. The largest absolute Gasteiger partial charge is 0.507 e. The van der Waals surface area contributed by atoms with Gasteiger partial charge in [-0.25, -0.2) is 0 Å². The van der Waals surface area contributed by atoms with Gasteiger partial charge in [-0.05, 0) is 30.3 Å². The number of carbonyl (C=O) groups excluding carboxylic acids is 1. The van der Waals surface area contributed by atoms with E-state index in [0.29, 0.717) is 48.0 Å². The van der Waals surface area contributed by atoms with Gasteiger partial charge in [0.05, 0.1) is 10.7 Å². The lowest BCUT2D eigenvalue weighted by atomic mass is 9.73. The molecule has 0 aromatic heterocycles. The molecule has 6 N–H and O–H groups in total. The Balaban J connectivity index is 1.34. The highest BCUT2D eigenvalue weighted by Crippen LogP contribution is 2.40. The van der Waals surface area contributed by atoms with Gasteiger partial charge in [0.15, 0.2) is 5.60 Å². The van der Waals surface area contributed by atoms with Crippen LogP contribution in [0.4, 0.5) is 0 Å². The number of nitrogens with one attached hydrogen (secondary N) is 1. The van der Waals surface area contributed by atoms with E-state index in [1.54, 1.807) is 36.4 Å². The summed E-state index contributed by atoms with van der Waals surface area (Å²) in [6.45, 7) is 4.51. The van der Waals surface area contributed by atoms with Gasteiger partial charge >= 0.3 is 0 Å². The monoisotopic (exact) mass is 509 g/mol. The summed E-state index contributed by atoms with van der Waals surface area (Å²) in [5, 5.41) is 13.9. The Morgan fingerprint density at radius 2 is 1.72 bits per heavy atom. The van der Waals surface area contributed by atoms with Crippen LogP contribution in [0.1, 0.15) is 18.4 Å². The highest BCUT2D eigenvalue weighted by molar-refractivity contribution is 6.32. The third-order valence-electron chi connectivity index (χ3n) is 7.50. The number of phenols is 1. The Labute approximate surface area is 216 Å². The fourth-order valence-electron chi connectivity index (χ4n) is 5.32. The quantitative estimate of drug-likeness (QED) is 0.442. The number of para-hydroxylation sites is 2. The van der Waals surface area contributed by atoms with Gasteiger partial charge in [-0.2, -0.15) is 0 Å². The zero-order chi connectivity index (χ0) is 25.3. The molecule has 8 nitrogen and oxygen atoms in total. The Hall–Kier alpha value is -3.36. The lowest BCUT2D eigenvalue weighted by Crippen LogP contribution is -2.74. The van der Waals surface area contributed by atoms with Crippen LogP contribution in [0.3, 0.4) is 0 Å². The number of allylic oxidation sites excluding steroid dienone is 1.